The fourth-order valence-electron chi connectivity index (χ4n) is 5.79. The Balaban J connectivity index is 1.36. The van der Waals surface area contributed by atoms with Crippen molar-refractivity contribution in [1.82, 2.24) is 24.9 Å². The van der Waals surface area contributed by atoms with Gasteiger partial charge in [-0.05, 0) is 50.7 Å². The zero-order chi connectivity index (χ0) is 23.0. The second kappa shape index (κ2) is 6.82. The van der Waals surface area contributed by atoms with Crippen LogP contribution in [0.3, 0.4) is 0 Å². The third kappa shape index (κ3) is 3.10. The average molecular weight is 457 g/mol. The highest BCUT2D eigenvalue weighted by atomic mass is 19.4. The Labute approximate surface area is 186 Å². The molecule has 4 aliphatic rings. The van der Waals surface area contributed by atoms with Crippen molar-refractivity contribution in [2.45, 2.75) is 62.6 Å². The third-order valence-electron chi connectivity index (χ3n) is 7.51. The molecule has 0 aromatic carbocycles. The Morgan fingerprint density at radius 1 is 1.15 bits per heavy atom. The number of nitrogens with one attached hydrogen (secondary N) is 1. The Hall–Kier alpha value is -2.88. The van der Waals surface area contributed by atoms with E-state index in [0.717, 1.165) is 5.56 Å². The summed E-state index contributed by atoms with van der Waals surface area (Å²) in [4.78, 5) is 32.6. The number of fused-ring (bicyclic) bond motifs is 1. The second-order valence-corrected chi connectivity index (χ2v) is 9.77. The van der Waals surface area contributed by atoms with Crippen LogP contribution in [-0.2, 0) is 10.2 Å². The van der Waals surface area contributed by atoms with Crippen molar-refractivity contribution in [1.29, 1.82) is 0 Å². The van der Waals surface area contributed by atoms with E-state index in [4.69, 9.17) is 9.72 Å². The normalized spacial score (nSPS) is 31.2. The number of hydrogen-bond donors (Lipinski definition) is 1. The lowest BCUT2D eigenvalue weighted by atomic mass is 9.34. The molecule has 2 atom stereocenters. The number of alkyl halides is 3. The Morgan fingerprint density at radius 3 is 2.64 bits per heavy atom. The smallest absolute Gasteiger partial charge is 0.373 e. The van der Waals surface area contributed by atoms with Crippen LogP contribution in [0.4, 0.5) is 13.2 Å². The van der Waals surface area contributed by atoms with E-state index in [1.54, 1.807) is 25.4 Å². The first kappa shape index (κ1) is 20.7. The van der Waals surface area contributed by atoms with Gasteiger partial charge in [-0.1, -0.05) is 0 Å². The van der Waals surface area contributed by atoms with Gasteiger partial charge in [0.2, 0.25) is 5.56 Å². The number of nitrogens with zero attached hydrogens (tertiary/aromatic N) is 4. The number of aromatic amines is 1. The minimum Gasteiger partial charge on any atom is -0.373 e. The Morgan fingerprint density at radius 2 is 1.94 bits per heavy atom. The van der Waals surface area contributed by atoms with Gasteiger partial charge in [0.15, 0.2) is 5.65 Å². The summed E-state index contributed by atoms with van der Waals surface area (Å²) in [5.74, 6) is 0.546. The van der Waals surface area contributed by atoms with Gasteiger partial charge in [0.25, 0.3) is 0 Å². The van der Waals surface area contributed by atoms with Gasteiger partial charge in [0.1, 0.15) is 11.3 Å². The van der Waals surface area contributed by atoms with Crippen LogP contribution in [0.1, 0.15) is 66.9 Å². The molecule has 3 aromatic rings. The molecule has 33 heavy (non-hydrogen) atoms. The molecule has 0 spiro atoms. The van der Waals surface area contributed by atoms with Crippen LogP contribution in [0.5, 0.6) is 0 Å². The summed E-state index contributed by atoms with van der Waals surface area (Å²) in [6.07, 6.45) is 0.321. The van der Waals surface area contributed by atoms with Crippen LogP contribution >= 0.6 is 0 Å². The topological polar surface area (TPSA) is 93.7 Å². The standard InChI is InChI=1S/C23H22F3N5O2/c1-12-7-28-20-17(29-12)18(21-9-22(10-21,11-21)23(24,25)26)30-19(31-20)13-4-5-33-15(6-13)14-2-3-16(32)27-8-14/h2-3,7-8,13,15H,4-6,9-11H2,1H3,(H,27,32)/t13-,15+,21?,22?/m0/s1. The van der Waals surface area contributed by atoms with Crippen LogP contribution in [-0.4, -0.2) is 37.7 Å². The van der Waals surface area contributed by atoms with Crippen LogP contribution in [0.25, 0.3) is 11.2 Å². The Bertz CT molecular complexity index is 1280. The molecule has 7 rings (SSSR count). The van der Waals surface area contributed by atoms with Crippen LogP contribution in [0.2, 0.25) is 0 Å². The Kier molecular flexibility index (Phi) is 4.28. The lowest BCUT2D eigenvalue weighted by Crippen LogP contribution is -2.70. The van der Waals surface area contributed by atoms with Crippen molar-refractivity contribution in [3.8, 4) is 0 Å². The molecule has 10 heteroatoms. The van der Waals surface area contributed by atoms with Crippen molar-refractivity contribution < 1.29 is 17.9 Å². The maximum atomic E-state index is 13.5. The minimum atomic E-state index is -4.19. The quantitative estimate of drug-likeness (QED) is 0.638. The average Bonchev–Trinajstić information content (AvgIpc) is 2.71. The first-order valence-electron chi connectivity index (χ1n) is 11.1. The number of rotatable bonds is 3. The van der Waals surface area contributed by atoms with Crippen LogP contribution in [0, 0.1) is 12.3 Å². The summed E-state index contributed by atoms with van der Waals surface area (Å²) in [6.45, 7) is 2.30. The van der Waals surface area contributed by atoms with E-state index in [1.165, 1.54) is 6.07 Å². The molecule has 1 saturated heterocycles. The van der Waals surface area contributed by atoms with Gasteiger partial charge in [-0.15, -0.1) is 0 Å². The SMILES string of the molecule is Cc1cnc2nc([C@H]3CCO[C@@H](c4ccc(=O)[nH]c4)C3)nc(C34CC(C(F)(F)F)(C3)C4)c2n1. The zero-order valence-electron chi connectivity index (χ0n) is 17.9. The van der Waals surface area contributed by atoms with E-state index in [9.17, 15) is 18.0 Å². The number of ether oxygens (including phenoxy) is 1. The van der Waals surface area contributed by atoms with Gasteiger partial charge in [-0.2, -0.15) is 13.2 Å². The molecule has 0 radical (unpaired) electrons. The van der Waals surface area contributed by atoms with Gasteiger partial charge in [0.05, 0.1) is 29.1 Å². The number of halogens is 3. The minimum absolute atomic E-state index is 0.0362. The summed E-state index contributed by atoms with van der Waals surface area (Å²) >= 11 is 0. The largest absolute Gasteiger partial charge is 0.394 e. The molecule has 172 valence electrons. The van der Waals surface area contributed by atoms with Gasteiger partial charge in [-0.3, -0.25) is 4.79 Å². The highest BCUT2D eigenvalue weighted by molar-refractivity contribution is 5.75. The lowest BCUT2D eigenvalue weighted by molar-refractivity contribution is -0.337. The van der Waals surface area contributed by atoms with E-state index in [2.05, 4.69) is 19.9 Å². The zero-order valence-corrected chi connectivity index (χ0v) is 17.9. The van der Waals surface area contributed by atoms with E-state index < -0.39 is 17.0 Å². The molecule has 1 N–H and O–H groups in total. The highest BCUT2D eigenvalue weighted by Gasteiger charge is 2.79. The first-order chi connectivity index (χ1) is 15.7. The third-order valence-corrected chi connectivity index (χ3v) is 7.51. The van der Waals surface area contributed by atoms with Crippen molar-refractivity contribution >= 4 is 11.2 Å². The van der Waals surface area contributed by atoms with Gasteiger partial charge < -0.3 is 9.72 Å². The summed E-state index contributed by atoms with van der Waals surface area (Å²) in [7, 11) is 0. The fraction of sp³-hybridized carbons (Fsp3) is 0.522. The van der Waals surface area contributed by atoms with Gasteiger partial charge >= 0.3 is 6.18 Å². The summed E-state index contributed by atoms with van der Waals surface area (Å²) in [6, 6.07) is 3.20. The fourth-order valence-corrected chi connectivity index (χ4v) is 5.79. The maximum absolute atomic E-state index is 13.5. The number of hydrogen-bond acceptors (Lipinski definition) is 6. The maximum Gasteiger partial charge on any atom is 0.394 e. The lowest BCUT2D eigenvalue weighted by Gasteiger charge is -2.70. The van der Waals surface area contributed by atoms with Crippen molar-refractivity contribution in [3.63, 3.8) is 0 Å². The second-order valence-electron chi connectivity index (χ2n) is 9.77. The van der Waals surface area contributed by atoms with Crippen LogP contribution < -0.4 is 5.56 Å². The van der Waals surface area contributed by atoms with E-state index in [-0.39, 0.29) is 36.8 Å². The number of pyridine rings is 1. The molecular formula is C23H22F3N5O2. The molecule has 4 heterocycles. The predicted molar refractivity (Wildman–Crippen MR) is 112 cm³/mol. The van der Waals surface area contributed by atoms with Crippen molar-refractivity contribution in [2.75, 3.05) is 6.61 Å². The molecule has 1 aliphatic heterocycles. The number of H-pyrrole nitrogens is 1. The van der Waals surface area contributed by atoms with Crippen molar-refractivity contribution in [2.24, 2.45) is 5.41 Å². The van der Waals surface area contributed by atoms with Gasteiger partial charge in [-0.25, -0.2) is 19.9 Å². The molecule has 4 fully saturated rings. The van der Waals surface area contributed by atoms with E-state index in [1.807, 2.05) is 0 Å². The summed E-state index contributed by atoms with van der Waals surface area (Å²) in [5.41, 5.74) is 0.739. The molecule has 3 aliphatic carbocycles. The summed E-state index contributed by atoms with van der Waals surface area (Å²) < 4.78 is 46.4. The monoisotopic (exact) mass is 457 g/mol. The predicted octanol–water partition coefficient (Wildman–Crippen LogP) is 4.04. The molecular weight excluding hydrogens is 435 g/mol. The highest BCUT2D eigenvalue weighted by Crippen LogP contribution is 2.78. The molecule has 3 saturated carbocycles. The molecule has 0 amide bonds. The molecule has 7 nitrogen and oxygen atoms in total. The number of aromatic nitrogens is 5. The van der Waals surface area contributed by atoms with E-state index >= 15 is 0 Å². The summed E-state index contributed by atoms with van der Waals surface area (Å²) in [5, 5.41) is 0. The van der Waals surface area contributed by atoms with Crippen molar-refractivity contribution in [3.05, 3.63) is 57.7 Å². The number of aryl methyl sites for hydroxylation is 1. The molecule has 0 unspecified atom stereocenters. The molecule has 3 aromatic heterocycles. The van der Waals surface area contributed by atoms with Gasteiger partial charge in [0, 0.05) is 30.2 Å². The first-order valence-corrected chi connectivity index (χ1v) is 11.1. The molecule has 2 bridgehead atoms. The van der Waals surface area contributed by atoms with E-state index in [0.29, 0.717) is 47.8 Å². The van der Waals surface area contributed by atoms with Crippen LogP contribution in [0.15, 0.2) is 29.3 Å².